The summed E-state index contributed by atoms with van der Waals surface area (Å²) in [4.78, 5) is 25.1. The first-order valence-electron chi connectivity index (χ1n) is 6.49. The van der Waals surface area contributed by atoms with E-state index < -0.39 is 23.5 Å². The number of halogens is 3. The van der Waals surface area contributed by atoms with Crippen molar-refractivity contribution < 1.29 is 17.9 Å². The Hall–Kier alpha value is -1.61. The molecule has 2 heterocycles. The molecule has 0 saturated carbocycles. The summed E-state index contributed by atoms with van der Waals surface area (Å²) in [5.74, 6) is 0. The van der Waals surface area contributed by atoms with Crippen LogP contribution in [0.1, 0.15) is 18.5 Å². The molecule has 0 aliphatic heterocycles. The molecular formula is C13H15F3N2O3S. The summed E-state index contributed by atoms with van der Waals surface area (Å²) < 4.78 is 45.3. The molecule has 9 heteroatoms. The standard InChI is InChI=1S/C13H15F3N2O3S/c1-7-6-22-11-9(7)10(19)18(8(2)13(14,15)16)12(20)17(11)4-5-21-3/h6,8H,4-5H2,1-3H3/t8-/m0/s1. The largest absolute Gasteiger partial charge is 0.409 e. The summed E-state index contributed by atoms with van der Waals surface area (Å²) in [6.07, 6.45) is -4.68. The number of thiophene rings is 1. The zero-order valence-corrected chi connectivity index (χ0v) is 13.0. The van der Waals surface area contributed by atoms with E-state index in [1.165, 1.54) is 11.7 Å². The molecule has 2 aromatic rings. The predicted molar refractivity (Wildman–Crippen MR) is 77.7 cm³/mol. The van der Waals surface area contributed by atoms with Gasteiger partial charge in [0.05, 0.1) is 18.5 Å². The Morgan fingerprint density at radius 2 is 2.00 bits per heavy atom. The maximum atomic E-state index is 13.0. The van der Waals surface area contributed by atoms with Crippen LogP contribution >= 0.6 is 11.3 Å². The van der Waals surface area contributed by atoms with Gasteiger partial charge in [0.1, 0.15) is 10.9 Å². The molecule has 122 valence electrons. The van der Waals surface area contributed by atoms with Crippen LogP contribution in [0.25, 0.3) is 10.2 Å². The first-order chi connectivity index (χ1) is 10.2. The van der Waals surface area contributed by atoms with Gasteiger partial charge in [-0.3, -0.25) is 9.36 Å². The molecule has 0 aliphatic rings. The van der Waals surface area contributed by atoms with Crippen LogP contribution in [0.4, 0.5) is 13.2 Å². The minimum atomic E-state index is -4.68. The number of nitrogens with zero attached hydrogens (tertiary/aromatic N) is 2. The van der Waals surface area contributed by atoms with Gasteiger partial charge in [-0.2, -0.15) is 13.2 Å². The quantitative estimate of drug-likeness (QED) is 0.861. The zero-order valence-electron chi connectivity index (χ0n) is 12.2. The van der Waals surface area contributed by atoms with Gasteiger partial charge in [-0.15, -0.1) is 11.3 Å². The first kappa shape index (κ1) is 16.8. The third-order valence-electron chi connectivity index (χ3n) is 3.45. The Morgan fingerprint density at radius 3 is 2.55 bits per heavy atom. The summed E-state index contributed by atoms with van der Waals surface area (Å²) in [5.41, 5.74) is -1.32. The van der Waals surface area contributed by atoms with Gasteiger partial charge in [0, 0.05) is 7.11 Å². The highest BCUT2D eigenvalue weighted by molar-refractivity contribution is 7.17. The lowest BCUT2D eigenvalue weighted by Gasteiger charge is -2.19. The number of aryl methyl sites for hydroxylation is 1. The number of alkyl halides is 3. The molecule has 0 bridgehead atoms. The SMILES string of the molecule is COCCn1c(=O)n([C@@H](C)C(F)(F)F)c(=O)c2c(C)csc21. The number of fused-ring (bicyclic) bond motifs is 1. The highest BCUT2D eigenvalue weighted by atomic mass is 32.1. The molecule has 0 amide bonds. The van der Waals surface area contributed by atoms with E-state index in [1.807, 2.05) is 0 Å². The molecular weight excluding hydrogens is 321 g/mol. The third kappa shape index (κ3) is 2.70. The topological polar surface area (TPSA) is 53.2 Å². The van der Waals surface area contributed by atoms with E-state index in [1.54, 1.807) is 12.3 Å². The Morgan fingerprint density at radius 1 is 1.36 bits per heavy atom. The molecule has 0 unspecified atom stereocenters. The van der Waals surface area contributed by atoms with Crippen LogP contribution in [0.2, 0.25) is 0 Å². The van der Waals surface area contributed by atoms with Crippen LogP contribution in [0.5, 0.6) is 0 Å². The molecule has 1 atom stereocenters. The van der Waals surface area contributed by atoms with Crippen molar-refractivity contribution in [1.29, 1.82) is 0 Å². The lowest BCUT2D eigenvalue weighted by atomic mass is 10.2. The first-order valence-corrected chi connectivity index (χ1v) is 7.37. The number of aromatic nitrogens is 2. The highest BCUT2D eigenvalue weighted by Crippen LogP contribution is 2.29. The van der Waals surface area contributed by atoms with Gasteiger partial charge < -0.3 is 4.74 Å². The zero-order chi connectivity index (χ0) is 16.7. The summed E-state index contributed by atoms with van der Waals surface area (Å²) in [7, 11) is 1.43. The van der Waals surface area contributed by atoms with E-state index in [0.717, 1.165) is 18.3 Å². The normalized spacial score (nSPS) is 13.7. The Balaban J connectivity index is 2.84. The molecule has 0 saturated heterocycles. The summed E-state index contributed by atoms with van der Waals surface area (Å²) in [5, 5.41) is 1.80. The molecule has 22 heavy (non-hydrogen) atoms. The average Bonchev–Trinajstić information content (AvgIpc) is 2.80. The molecule has 0 fully saturated rings. The van der Waals surface area contributed by atoms with Crippen LogP contribution in [0, 0.1) is 6.92 Å². The van der Waals surface area contributed by atoms with Crippen LogP contribution in [0.3, 0.4) is 0 Å². The Labute approximate surface area is 127 Å². The highest BCUT2D eigenvalue weighted by Gasteiger charge is 2.40. The van der Waals surface area contributed by atoms with Gasteiger partial charge >= 0.3 is 11.9 Å². The van der Waals surface area contributed by atoms with Crippen molar-refractivity contribution in [2.75, 3.05) is 13.7 Å². The fourth-order valence-corrected chi connectivity index (χ4v) is 3.25. The summed E-state index contributed by atoms with van der Waals surface area (Å²) in [6.45, 7) is 2.67. The van der Waals surface area contributed by atoms with Crippen molar-refractivity contribution in [2.45, 2.75) is 32.6 Å². The number of ether oxygens (including phenoxy) is 1. The molecule has 2 rings (SSSR count). The van der Waals surface area contributed by atoms with E-state index in [2.05, 4.69) is 0 Å². The second-order valence-electron chi connectivity index (χ2n) is 4.92. The molecule has 5 nitrogen and oxygen atoms in total. The van der Waals surface area contributed by atoms with Crippen LogP contribution in [0.15, 0.2) is 15.0 Å². The maximum Gasteiger partial charge on any atom is 0.409 e. The van der Waals surface area contributed by atoms with Gasteiger partial charge in [0.25, 0.3) is 5.56 Å². The van der Waals surface area contributed by atoms with E-state index >= 15 is 0 Å². The van der Waals surface area contributed by atoms with Crippen molar-refractivity contribution in [3.63, 3.8) is 0 Å². The van der Waals surface area contributed by atoms with E-state index in [9.17, 15) is 22.8 Å². The number of hydrogen-bond donors (Lipinski definition) is 0. The van der Waals surface area contributed by atoms with Crippen molar-refractivity contribution in [1.82, 2.24) is 9.13 Å². The van der Waals surface area contributed by atoms with Gasteiger partial charge in [0.2, 0.25) is 0 Å². The molecule has 0 radical (unpaired) electrons. The lowest BCUT2D eigenvalue weighted by molar-refractivity contribution is -0.164. The molecule has 0 N–H and O–H groups in total. The third-order valence-corrected chi connectivity index (χ3v) is 4.57. The summed E-state index contributed by atoms with van der Waals surface area (Å²) >= 11 is 1.16. The molecule has 0 aliphatic carbocycles. The second-order valence-corrected chi connectivity index (χ2v) is 5.78. The van der Waals surface area contributed by atoms with E-state index in [4.69, 9.17) is 4.74 Å². The lowest BCUT2D eigenvalue weighted by Crippen LogP contribution is -2.45. The van der Waals surface area contributed by atoms with Crippen LogP contribution in [-0.2, 0) is 11.3 Å². The number of hydrogen-bond acceptors (Lipinski definition) is 4. The minimum Gasteiger partial charge on any atom is -0.383 e. The van der Waals surface area contributed by atoms with Crippen molar-refractivity contribution in [3.8, 4) is 0 Å². The average molecular weight is 336 g/mol. The fraction of sp³-hybridized carbons (Fsp3) is 0.538. The monoisotopic (exact) mass is 336 g/mol. The van der Waals surface area contributed by atoms with Gasteiger partial charge in [-0.1, -0.05) is 0 Å². The maximum absolute atomic E-state index is 13.0. The Kier molecular flexibility index (Phi) is 4.48. The van der Waals surface area contributed by atoms with Crippen molar-refractivity contribution in [3.05, 3.63) is 31.8 Å². The molecule has 0 spiro atoms. The van der Waals surface area contributed by atoms with Gasteiger partial charge in [-0.05, 0) is 24.8 Å². The van der Waals surface area contributed by atoms with Crippen LogP contribution < -0.4 is 11.2 Å². The Bertz CT molecular complexity index is 804. The molecule has 2 aromatic heterocycles. The number of rotatable bonds is 4. The van der Waals surface area contributed by atoms with Crippen molar-refractivity contribution >= 4 is 21.6 Å². The fourth-order valence-electron chi connectivity index (χ4n) is 2.18. The van der Waals surface area contributed by atoms with E-state index in [0.29, 0.717) is 10.4 Å². The predicted octanol–water partition coefficient (Wildman–Crippen LogP) is 2.30. The van der Waals surface area contributed by atoms with Crippen LogP contribution in [-0.4, -0.2) is 29.0 Å². The second kappa shape index (κ2) is 5.88. The van der Waals surface area contributed by atoms with Gasteiger partial charge in [-0.25, -0.2) is 9.36 Å². The smallest absolute Gasteiger partial charge is 0.383 e. The summed E-state index contributed by atoms with van der Waals surface area (Å²) in [6, 6.07) is -2.19. The van der Waals surface area contributed by atoms with Gasteiger partial charge in [0.15, 0.2) is 0 Å². The number of methoxy groups -OCH3 is 1. The van der Waals surface area contributed by atoms with E-state index in [-0.39, 0.29) is 23.1 Å². The van der Waals surface area contributed by atoms with Crippen molar-refractivity contribution in [2.24, 2.45) is 0 Å². The minimum absolute atomic E-state index is 0.0800. The molecule has 0 aromatic carbocycles.